The molecule has 0 radical (unpaired) electrons. The van der Waals surface area contributed by atoms with Crippen LogP contribution in [-0.2, 0) is 4.74 Å². The molecule has 24 heavy (non-hydrogen) atoms. The van der Waals surface area contributed by atoms with E-state index >= 15 is 0 Å². The summed E-state index contributed by atoms with van der Waals surface area (Å²) in [6.07, 6.45) is 3.79. The summed E-state index contributed by atoms with van der Waals surface area (Å²) in [7, 11) is 3.01. The van der Waals surface area contributed by atoms with Crippen molar-refractivity contribution in [2.45, 2.75) is 18.8 Å². The van der Waals surface area contributed by atoms with Gasteiger partial charge in [0.15, 0.2) is 5.65 Å². The molecule has 6 heteroatoms. The Kier molecular flexibility index (Phi) is 3.45. The molecule has 0 aliphatic heterocycles. The van der Waals surface area contributed by atoms with E-state index < -0.39 is 5.97 Å². The van der Waals surface area contributed by atoms with Crippen molar-refractivity contribution in [3.8, 4) is 11.4 Å². The van der Waals surface area contributed by atoms with Crippen molar-refractivity contribution in [1.82, 2.24) is 14.5 Å². The Morgan fingerprint density at radius 1 is 1.21 bits per heavy atom. The molecule has 2 aromatic heterocycles. The maximum Gasteiger partial charge on any atom is 0.339 e. The van der Waals surface area contributed by atoms with Crippen molar-refractivity contribution in [3.63, 3.8) is 0 Å². The highest BCUT2D eigenvalue weighted by atomic mass is 16.5. The molecule has 1 aliphatic carbocycles. The zero-order valence-electron chi connectivity index (χ0n) is 13.5. The molecule has 3 aromatic rings. The fourth-order valence-electron chi connectivity index (χ4n) is 2.81. The number of ether oxygens (including phenoxy) is 2. The number of carbonyl (C=O) groups excluding carboxylic acids is 1. The van der Waals surface area contributed by atoms with Gasteiger partial charge in [-0.15, -0.1) is 0 Å². The van der Waals surface area contributed by atoms with Crippen molar-refractivity contribution >= 4 is 17.1 Å². The molecule has 0 unspecified atom stereocenters. The number of carbonyl (C=O) groups is 1. The Bertz CT molecular complexity index is 911. The number of rotatable bonds is 4. The normalized spacial score (nSPS) is 13.9. The summed E-state index contributed by atoms with van der Waals surface area (Å²) in [5.41, 5.74) is 2.84. The first-order valence-corrected chi connectivity index (χ1v) is 7.82. The van der Waals surface area contributed by atoms with Crippen LogP contribution in [0, 0.1) is 0 Å². The topological polar surface area (TPSA) is 66.2 Å². The number of pyridine rings is 1. The summed E-state index contributed by atoms with van der Waals surface area (Å²) in [5, 5.41) is 0. The average Bonchev–Trinajstić information content (AvgIpc) is 3.41. The van der Waals surface area contributed by atoms with Crippen LogP contribution in [0.1, 0.15) is 34.9 Å². The highest BCUT2D eigenvalue weighted by Crippen LogP contribution is 2.41. The molecule has 4 rings (SSSR count). The SMILES string of the molecule is COC(=O)c1cnc2c(c1)nc(C1CC1)n2-c1ccc(OC)cc1. The van der Waals surface area contributed by atoms with Gasteiger partial charge in [0.1, 0.15) is 17.1 Å². The van der Waals surface area contributed by atoms with E-state index in [0.29, 0.717) is 17.0 Å². The Balaban J connectivity index is 1.88. The lowest BCUT2D eigenvalue weighted by Crippen LogP contribution is -2.03. The summed E-state index contributed by atoms with van der Waals surface area (Å²) in [6, 6.07) is 9.55. The van der Waals surface area contributed by atoms with Gasteiger partial charge in [-0.2, -0.15) is 0 Å². The molecule has 1 aromatic carbocycles. The van der Waals surface area contributed by atoms with Gasteiger partial charge < -0.3 is 9.47 Å². The molecule has 2 heterocycles. The first kappa shape index (κ1) is 14.7. The van der Waals surface area contributed by atoms with E-state index in [2.05, 4.69) is 9.55 Å². The Morgan fingerprint density at radius 3 is 2.58 bits per heavy atom. The highest BCUT2D eigenvalue weighted by molar-refractivity contribution is 5.92. The average molecular weight is 323 g/mol. The highest BCUT2D eigenvalue weighted by Gasteiger charge is 2.30. The number of hydrogen-bond acceptors (Lipinski definition) is 5. The van der Waals surface area contributed by atoms with Crippen LogP contribution in [0.25, 0.3) is 16.9 Å². The predicted molar refractivity (Wildman–Crippen MR) is 88.7 cm³/mol. The van der Waals surface area contributed by atoms with E-state index in [1.165, 1.54) is 13.3 Å². The molecule has 0 N–H and O–H groups in total. The number of benzene rings is 1. The summed E-state index contributed by atoms with van der Waals surface area (Å²) >= 11 is 0. The molecule has 6 nitrogen and oxygen atoms in total. The molecule has 1 saturated carbocycles. The van der Waals surface area contributed by atoms with Crippen LogP contribution in [0.4, 0.5) is 0 Å². The first-order valence-electron chi connectivity index (χ1n) is 7.82. The molecule has 122 valence electrons. The largest absolute Gasteiger partial charge is 0.497 e. The van der Waals surface area contributed by atoms with E-state index in [1.807, 2.05) is 24.3 Å². The Labute approximate surface area is 139 Å². The molecule has 0 saturated heterocycles. The van der Waals surface area contributed by atoms with Crippen LogP contribution in [0.2, 0.25) is 0 Å². The third kappa shape index (κ3) is 2.40. The van der Waals surface area contributed by atoms with E-state index in [-0.39, 0.29) is 0 Å². The standard InChI is InChI=1S/C18H17N3O3/c1-23-14-7-5-13(6-8-14)21-16(11-3-4-11)20-15-9-12(18(22)24-2)10-19-17(15)21/h5-11H,3-4H2,1-2H3. The monoisotopic (exact) mass is 323 g/mol. The first-order chi connectivity index (χ1) is 11.7. The molecule has 0 amide bonds. The Morgan fingerprint density at radius 2 is 1.96 bits per heavy atom. The van der Waals surface area contributed by atoms with Crippen molar-refractivity contribution in [1.29, 1.82) is 0 Å². The number of aromatic nitrogens is 3. The molecule has 0 bridgehead atoms. The van der Waals surface area contributed by atoms with Gasteiger partial charge in [0.05, 0.1) is 19.8 Å². The van der Waals surface area contributed by atoms with Crippen LogP contribution in [0.3, 0.4) is 0 Å². The number of fused-ring (bicyclic) bond motifs is 1. The molecule has 1 aliphatic rings. The summed E-state index contributed by atoms with van der Waals surface area (Å²) in [4.78, 5) is 20.9. The molecular weight excluding hydrogens is 306 g/mol. The second-order valence-corrected chi connectivity index (χ2v) is 5.84. The second-order valence-electron chi connectivity index (χ2n) is 5.84. The van der Waals surface area contributed by atoms with E-state index in [0.717, 1.165) is 35.8 Å². The van der Waals surface area contributed by atoms with Crippen LogP contribution >= 0.6 is 0 Å². The van der Waals surface area contributed by atoms with Gasteiger partial charge in [-0.1, -0.05) is 0 Å². The van der Waals surface area contributed by atoms with Crippen LogP contribution in [0.15, 0.2) is 36.5 Å². The lowest BCUT2D eigenvalue weighted by atomic mass is 10.2. The van der Waals surface area contributed by atoms with Gasteiger partial charge >= 0.3 is 5.97 Å². The lowest BCUT2D eigenvalue weighted by molar-refractivity contribution is 0.0600. The van der Waals surface area contributed by atoms with Crippen LogP contribution in [0.5, 0.6) is 5.75 Å². The van der Waals surface area contributed by atoms with Crippen molar-refractivity contribution in [2.24, 2.45) is 0 Å². The molecule has 1 fully saturated rings. The second kappa shape index (κ2) is 5.63. The van der Waals surface area contributed by atoms with Crippen LogP contribution in [-0.4, -0.2) is 34.7 Å². The van der Waals surface area contributed by atoms with Crippen molar-refractivity contribution < 1.29 is 14.3 Å². The lowest BCUT2D eigenvalue weighted by Gasteiger charge is -2.09. The van der Waals surface area contributed by atoms with E-state index in [9.17, 15) is 4.79 Å². The number of hydrogen-bond donors (Lipinski definition) is 0. The maximum atomic E-state index is 11.7. The van der Waals surface area contributed by atoms with Gasteiger partial charge in [0.2, 0.25) is 0 Å². The van der Waals surface area contributed by atoms with Gasteiger partial charge in [0.25, 0.3) is 0 Å². The quantitative estimate of drug-likeness (QED) is 0.690. The summed E-state index contributed by atoms with van der Waals surface area (Å²) in [6.45, 7) is 0. The minimum absolute atomic E-state index is 0.406. The fraction of sp³-hybridized carbons (Fsp3) is 0.278. The van der Waals surface area contributed by atoms with Gasteiger partial charge in [0, 0.05) is 17.8 Å². The smallest absolute Gasteiger partial charge is 0.339 e. The van der Waals surface area contributed by atoms with E-state index in [1.54, 1.807) is 13.2 Å². The van der Waals surface area contributed by atoms with Gasteiger partial charge in [-0.25, -0.2) is 14.8 Å². The third-order valence-electron chi connectivity index (χ3n) is 4.22. The van der Waals surface area contributed by atoms with Gasteiger partial charge in [-0.05, 0) is 43.2 Å². The van der Waals surface area contributed by atoms with E-state index in [4.69, 9.17) is 14.5 Å². The van der Waals surface area contributed by atoms with Crippen molar-refractivity contribution in [3.05, 3.63) is 47.9 Å². The summed E-state index contributed by atoms with van der Waals surface area (Å²) in [5.74, 6) is 1.83. The zero-order chi connectivity index (χ0) is 16.7. The molecule has 0 atom stereocenters. The third-order valence-corrected chi connectivity index (χ3v) is 4.22. The zero-order valence-corrected chi connectivity index (χ0v) is 13.5. The Hall–Kier alpha value is -2.89. The maximum absolute atomic E-state index is 11.7. The number of imidazole rings is 1. The number of nitrogens with zero attached hydrogens (tertiary/aromatic N) is 3. The molecule has 0 spiro atoms. The number of methoxy groups -OCH3 is 2. The fourth-order valence-corrected chi connectivity index (χ4v) is 2.81. The minimum Gasteiger partial charge on any atom is -0.497 e. The minimum atomic E-state index is -0.406. The predicted octanol–water partition coefficient (Wildman–Crippen LogP) is 3.09. The van der Waals surface area contributed by atoms with Gasteiger partial charge in [-0.3, -0.25) is 4.57 Å². The van der Waals surface area contributed by atoms with Crippen molar-refractivity contribution in [2.75, 3.05) is 14.2 Å². The summed E-state index contributed by atoms with van der Waals surface area (Å²) < 4.78 is 12.1. The number of esters is 1. The van der Waals surface area contributed by atoms with Crippen LogP contribution < -0.4 is 4.74 Å². The molecular formula is C18H17N3O3.